The van der Waals surface area contributed by atoms with Crippen molar-refractivity contribution in [1.29, 1.82) is 0 Å². The molecule has 0 bridgehead atoms. The average Bonchev–Trinajstić information content (AvgIpc) is 3.05. The molecule has 2 aliphatic rings. The van der Waals surface area contributed by atoms with Gasteiger partial charge in [-0.3, -0.25) is 9.59 Å². The molecule has 2 unspecified atom stereocenters. The molecule has 3 rings (SSSR count). The fourth-order valence-electron chi connectivity index (χ4n) is 3.61. The van der Waals surface area contributed by atoms with Gasteiger partial charge in [0.2, 0.25) is 5.91 Å². The molecule has 108 valence electrons. The van der Waals surface area contributed by atoms with Gasteiger partial charge in [-0.2, -0.15) is 0 Å². The summed E-state index contributed by atoms with van der Waals surface area (Å²) in [6.07, 6.45) is 5.73. The van der Waals surface area contributed by atoms with Crippen molar-refractivity contribution in [1.82, 2.24) is 4.90 Å². The van der Waals surface area contributed by atoms with Crippen molar-refractivity contribution in [2.45, 2.75) is 57.4 Å². The monoisotopic (exact) mass is 291 g/mol. The third-order valence-electron chi connectivity index (χ3n) is 4.53. The van der Waals surface area contributed by atoms with E-state index in [0.29, 0.717) is 6.42 Å². The predicted molar refractivity (Wildman–Crippen MR) is 80.0 cm³/mol. The number of carbonyl (C=O) groups is 2. The van der Waals surface area contributed by atoms with Crippen LogP contribution in [0.2, 0.25) is 0 Å². The molecule has 20 heavy (non-hydrogen) atoms. The molecule has 1 aliphatic heterocycles. The molecule has 2 atom stereocenters. The number of carbonyl (C=O) groups excluding carboxylic acids is 2. The van der Waals surface area contributed by atoms with Crippen LogP contribution in [0.4, 0.5) is 0 Å². The molecule has 0 spiro atoms. The fourth-order valence-corrected chi connectivity index (χ4v) is 4.60. The number of fused-ring (bicyclic) bond motifs is 1. The molecule has 2 heterocycles. The summed E-state index contributed by atoms with van der Waals surface area (Å²) in [4.78, 5) is 27.6. The molecule has 4 heteroatoms. The molecule has 1 aliphatic carbocycles. The number of nitrogens with zero attached hydrogens (tertiary/aromatic N) is 1. The van der Waals surface area contributed by atoms with E-state index in [4.69, 9.17) is 0 Å². The van der Waals surface area contributed by atoms with Crippen molar-refractivity contribution in [2.24, 2.45) is 0 Å². The highest BCUT2D eigenvalue weighted by molar-refractivity contribution is 7.10. The SMILES string of the molecule is CC(=O)CC1CCCN1C(=O)C1CCCc2sccc21. The molecule has 0 radical (unpaired) electrons. The highest BCUT2D eigenvalue weighted by Crippen LogP contribution is 2.37. The molecular formula is C16H21NO2S. The highest BCUT2D eigenvalue weighted by atomic mass is 32.1. The van der Waals surface area contributed by atoms with E-state index in [-0.39, 0.29) is 23.7 Å². The Morgan fingerprint density at radius 2 is 2.20 bits per heavy atom. The Labute approximate surface area is 124 Å². The van der Waals surface area contributed by atoms with E-state index in [9.17, 15) is 9.59 Å². The molecule has 3 nitrogen and oxygen atoms in total. The molecule has 1 aromatic heterocycles. The van der Waals surface area contributed by atoms with Crippen molar-refractivity contribution in [3.05, 3.63) is 21.9 Å². The van der Waals surface area contributed by atoms with E-state index in [0.717, 1.165) is 38.6 Å². The van der Waals surface area contributed by atoms with Crippen LogP contribution >= 0.6 is 11.3 Å². The van der Waals surface area contributed by atoms with E-state index < -0.39 is 0 Å². The predicted octanol–water partition coefficient (Wildman–Crippen LogP) is 3.14. The second-order valence-electron chi connectivity index (χ2n) is 5.98. The minimum atomic E-state index is 0.0394. The van der Waals surface area contributed by atoms with Gasteiger partial charge in [0.1, 0.15) is 5.78 Å². The Hall–Kier alpha value is -1.16. The van der Waals surface area contributed by atoms with Crippen LogP contribution in [0.3, 0.4) is 0 Å². The maximum atomic E-state index is 12.9. The Morgan fingerprint density at radius 3 is 3.00 bits per heavy atom. The molecule has 0 saturated carbocycles. The quantitative estimate of drug-likeness (QED) is 0.858. The van der Waals surface area contributed by atoms with Gasteiger partial charge in [0, 0.05) is 23.9 Å². The van der Waals surface area contributed by atoms with E-state index in [2.05, 4.69) is 11.4 Å². The fraction of sp³-hybridized carbons (Fsp3) is 0.625. The minimum absolute atomic E-state index is 0.0394. The lowest BCUT2D eigenvalue weighted by Crippen LogP contribution is -2.40. The zero-order valence-corrected chi connectivity index (χ0v) is 12.7. The average molecular weight is 291 g/mol. The van der Waals surface area contributed by atoms with Gasteiger partial charge in [0.15, 0.2) is 0 Å². The first-order valence-electron chi connectivity index (χ1n) is 7.53. The zero-order valence-electron chi connectivity index (χ0n) is 11.9. The summed E-state index contributed by atoms with van der Waals surface area (Å²) in [6, 6.07) is 2.27. The summed E-state index contributed by atoms with van der Waals surface area (Å²) in [5.41, 5.74) is 1.25. The first kappa shape index (κ1) is 13.8. The van der Waals surface area contributed by atoms with E-state index in [1.54, 1.807) is 18.3 Å². The van der Waals surface area contributed by atoms with E-state index >= 15 is 0 Å². The summed E-state index contributed by atoms with van der Waals surface area (Å²) in [7, 11) is 0. The summed E-state index contributed by atoms with van der Waals surface area (Å²) in [5.74, 6) is 0.486. The Balaban J connectivity index is 1.78. The van der Waals surface area contributed by atoms with Crippen molar-refractivity contribution < 1.29 is 9.59 Å². The third-order valence-corrected chi connectivity index (χ3v) is 5.53. The smallest absolute Gasteiger partial charge is 0.230 e. The largest absolute Gasteiger partial charge is 0.339 e. The highest BCUT2D eigenvalue weighted by Gasteiger charge is 2.36. The van der Waals surface area contributed by atoms with Crippen molar-refractivity contribution in [2.75, 3.05) is 6.54 Å². The van der Waals surface area contributed by atoms with Gasteiger partial charge in [-0.1, -0.05) is 0 Å². The second-order valence-corrected chi connectivity index (χ2v) is 6.98. The Morgan fingerprint density at radius 1 is 1.35 bits per heavy atom. The van der Waals surface area contributed by atoms with Crippen LogP contribution in [0.25, 0.3) is 0 Å². The third kappa shape index (κ3) is 2.53. The number of aryl methyl sites for hydroxylation is 1. The number of ketones is 1. The molecule has 1 saturated heterocycles. The normalized spacial score (nSPS) is 25.6. The van der Waals surface area contributed by atoms with Gasteiger partial charge in [-0.05, 0) is 56.0 Å². The lowest BCUT2D eigenvalue weighted by atomic mass is 9.86. The number of Topliss-reactive ketones (excluding diaryl/α,β-unsaturated/α-hetero) is 1. The first-order chi connectivity index (χ1) is 9.66. The maximum Gasteiger partial charge on any atom is 0.230 e. The van der Waals surface area contributed by atoms with Crippen LogP contribution in [-0.4, -0.2) is 29.2 Å². The van der Waals surface area contributed by atoms with Crippen LogP contribution in [0, 0.1) is 0 Å². The van der Waals surface area contributed by atoms with Crippen molar-refractivity contribution >= 4 is 23.0 Å². The van der Waals surface area contributed by atoms with Crippen LogP contribution in [-0.2, 0) is 16.0 Å². The molecule has 0 N–H and O–H groups in total. The Bertz CT molecular complexity index is 522. The molecule has 1 fully saturated rings. The van der Waals surface area contributed by atoms with Crippen molar-refractivity contribution in [3.8, 4) is 0 Å². The van der Waals surface area contributed by atoms with Crippen LogP contribution in [0.5, 0.6) is 0 Å². The molecule has 1 amide bonds. The number of amides is 1. The van der Waals surface area contributed by atoms with Crippen molar-refractivity contribution in [3.63, 3.8) is 0 Å². The van der Waals surface area contributed by atoms with Gasteiger partial charge in [0.25, 0.3) is 0 Å². The molecule has 0 aromatic carbocycles. The Kier molecular flexibility index (Phi) is 3.92. The summed E-state index contributed by atoms with van der Waals surface area (Å²) in [6.45, 7) is 2.45. The van der Waals surface area contributed by atoms with Crippen LogP contribution in [0.15, 0.2) is 11.4 Å². The number of hydrogen-bond acceptors (Lipinski definition) is 3. The second kappa shape index (κ2) is 5.68. The van der Waals surface area contributed by atoms with Gasteiger partial charge < -0.3 is 4.90 Å². The van der Waals surface area contributed by atoms with E-state index in [1.165, 1.54) is 10.4 Å². The number of likely N-dealkylation sites (tertiary alicyclic amines) is 1. The van der Waals surface area contributed by atoms with Gasteiger partial charge in [0.05, 0.1) is 5.92 Å². The zero-order chi connectivity index (χ0) is 14.1. The number of hydrogen-bond donors (Lipinski definition) is 0. The lowest BCUT2D eigenvalue weighted by Gasteiger charge is -2.30. The lowest BCUT2D eigenvalue weighted by molar-refractivity contribution is -0.134. The first-order valence-corrected chi connectivity index (χ1v) is 8.41. The molecule has 1 aromatic rings. The summed E-state index contributed by atoms with van der Waals surface area (Å²) in [5, 5.41) is 2.10. The van der Waals surface area contributed by atoms with Gasteiger partial charge >= 0.3 is 0 Å². The number of thiophene rings is 1. The van der Waals surface area contributed by atoms with Gasteiger partial charge in [-0.25, -0.2) is 0 Å². The number of rotatable bonds is 3. The maximum absolute atomic E-state index is 12.9. The standard InChI is InChI=1S/C16H21NO2S/c1-11(18)10-12-4-3-8-17(12)16(19)14-5-2-6-15-13(14)7-9-20-15/h7,9,12,14H,2-6,8,10H2,1H3. The summed E-state index contributed by atoms with van der Waals surface area (Å²) < 4.78 is 0. The summed E-state index contributed by atoms with van der Waals surface area (Å²) >= 11 is 1.78. The van der Waals surface area contributed by atoms with Gasteiger partial charge in [-0.15, -0.1) is 11.3 Å². The minimum Gasteiger partial charge on any atom is -0.339 e. The molecular weight excluding hydrogens is 270 g/mol. The van der Waals surface area contributed by atoms with Crippen LogP contribution < -0.4 is 0 Å². The van der Waals surface area contributed by atoms with Crippen LogP contribution in [0.1, 0.15) is 55.4 Å². The van der Waals surface area contributed by atoms with E-state index in [1.807, 2.05) is 4.90 Å². The topological polar surface area (TPSA) is 37.4 Å².